The number of allylic oxidation sites excluding steroid dienone is 1. The van der Waals surface area contributed by atoms with E-state index in [9.17, 15) is 8.42 Å². The van der Waals surface area contributed by atoms with Crippen LogP contribution in [0.5, 0.6) is 0 Å². The SMILES string of the molecule is CCCCCC=CS(=O)(=O)N1CCc2ccccc2C1. The third-order valence-corrected chi connectivity index (χ3v) is 5.27. The summed E-state index contributed by atoms with van der Waals surface area (Å²) in [4.78, 5) is 0. The molecule has 0 unspecified atom stereocenters. The first-order valence-electron chi connectivity index (χ1n) is 7.37. The quantitative estimate of drug-likeness (QED) is 0.753. The van der Waals surface area contributed by atoms with Crippen LogP contribution in [0.4, 0.5) is 0 Å². The second kappa shape index (κ2) is 7.04. The predicted octanol–water partition coefficient (Wildman–Crippen LogP) is 3.47. The second-order valence-electron chi connectivity index (χ2n) is 5.26. The van der Waals surface area contributed by atoms with Crippen LogP contribution in [0.15, 0.2) is 35.7 Å². The molecule has 1 aromatic rings. The number of nitrogens with zero attached hydrogens (tertiary/aromatic N) is 1. The lowest BCUT2D eigenvalue weighted by Gasteiger charge is -2.26. The zero-order valence-corrected chi connectivity index (χ0v) is 12.9. The van der Waals surface area contributed by atoms with Crippen LogP contribution in [0.3, 0.4) is 0 Å². The van der Waals surface area contributed by atoms with E-state index in [4.69, 9.17) is 0 Å². The molecule has 4 heteroatoms. The van der Waals surface area contributed by atoms with Gasteiger partial charge in [-0.3, -0.25) is 0 Å². The maximum absolute atomic E-state index is 12.3. The molecule has 0 aromatic heterocycles. The molecule has 1 aliphatic heterocycles. The first kappa shape index (κ1) is 15.3. The van der Waals surface area contributed by atoms with Crippen molar-refractivity contribution < 1.29 is 8.42 Å². The highest BCUT2D eigenvalue weighted by Crippen LogP contribution is 2.21. The molecule has 1 aliphatic rings. The van der Waals surface area contributed by atoms with Gasteiger partial charge in [0.2, 0.25) is 10.0 Å². The fourth-order valence-corrected chi connectivity index (χ4v) is 3.69. The predicted molar refractivity (Wildman–Crippen MR) is 82.8 cm³/mol. The topological polar surface area (TPSA) is 37.4 Å². The molecule has 0 N–H and O–H groups in total. The molecule has 110 valence electrons. The highest BCUT2D eigenvalue weighted by Gasteiger charge is 2.24. The number of fused-ring (bicyclic) bond motifs is 1. The molecule has 0 fully saturated rings. The Hall–Kier alpha value is -1.13. The molecule has 0 spiro atoms. The fraction of sp³-hybridized carbons (Fsp3) is 0.500. The minimum atomic E-state index is -3.26. The Morgan fingerprint density at radius 1 is 1.20 bits per heavy atom. The molecule has 0 aliphatic carbocycles. The van der Waals surface area contributed by atoms with Gasteiger partial charge in [-0.1, -0.05) is 50.1 Å². The lowest BCUT2D eigenvalue weighted by Crippen LogP contribution is -2.34. The standard InChI is InChI=1S/C16H23NO2S/c1-2-3-4-5-8-13-20(18,19)17-12-11-15-9-6-7-10-16(15)14-17/h6-10,13H,2-5,11-12,14H2,1H3. The average Bonchev–Trinajstić information content (AvgIpc) is 2.46. The molecule has 0 bridgehead atoms. The van der Waals surface area contributed by atoms with Gasteiger partial charge in [0.15, 0.2) is 0 Å². The van der Waals surface area contributed by atoms with Crippen LogP contribution in [0.2, 0.25) is 0 Å². The summed E-state index contributed by atoms with van der Waals surface area (Å²) in [5, 5.41) is 1.39. The molecule has 2 rings (SSSR count). The Morgan fingerprint density at radius 2 is 1.95 bits per heavy atom. The molecule has 20 heavy (non-hydrogen) atoms. The van der Waals surface area contributed by atoms with Crippen LogP contribution in [0, 0.1) is 0 Å². The molecule has 0 saturated heterocycles. The van der Waals surface area contributed by atoms with Crippen LogP contribution in [0.25, 0.3) is 0 Å². The molecule has 0 saturated carbocycles. The largest absolute Gasteiger partial charge is 0.236 e. The van der Waals surface area contributed by atoms with Gasteiger partial charge in [0.25, 0.3) is 0 Å². The molecule has 0 amide bonds. The van der Waals surface area contributed by atoms with E-state index in [-0.39, 0.29) is 0 Å². The first-order valence-corrected chi connectivity index (χ1v) is 8.87. The molecule has 1 aromatic carbocycles. The van der Waals surface area contributed by atoms with Crippen LogP contribution in [-0.2, 0) is 23.0 Å². The van der Waals surface area contributed by atoms with Crippen molar-refractivity contribution in [3.63, 3.8) is 0 Å². The van der Waals surface area contributed by atoms with Crippen LogP contribution in [0.1, 0.15) is 43.7 Å². The highest BCUT2D eigenvalue weighted by atomic mass is 32.2. The van der Waals surface area contributed by atoms with E-state index >= 15 is 0 Å². The summed E-state index contributed by atoms with van der Waals surface area (Å²) in [5.74, 6) is 0. The Kier molecular flexibility index (Phi) is 5.38. The number of sulfonamides is 1. The fourth-order valence-electron chi connectivity index (χ4n) is 2.47. The summed E-state index contributed by atoms with van der Waals surface area (Å²) < 4.78 is 26.1. The van der Waals surface area contributed by atoms with Gasteiger partial charge in [0.05, 0.1) is 0 Å². The van der Waals surface area contributed by atoms with Crippen molar-refractivity contribution in [1.82, 2.24) is 4.31 Å². The third-order valence-electron chi connectivity index (χ3n) is 3.70. The summed E-state index contributed by atoms with van der Waals surface area (Å²) in [6.45, 7) is 3.22. The van der Waals surface area contributed by atoms with Crippen molar-refractivity contribution >= 4 is 10.0 Å². The average molecular weight is 293 g/mol. The number of hydrogen-bond acceptors (Lipinski definition) is 2. The van der Waals surface area contributed by atoms with Crippen LogP contribution < -0.4 is 0 Å². The number of rotatable bonds is 6. The zero-order valence-electron chi connectivity index (χ0n) is 12.1. The normalized spacial score (nSPS) is 16.4. The van der Waals surface area contributed by atoms with Gasteiger partial charge >= 0.3 is 0 Å². The van der Waals surface area contributed by atoms with Gasteiger partial charge in [-0.05, 0) is 30.4 Å². The first-order chi connectivity index (χ1) is 9.63. The van der Waals surface area contributed by atoms with Gasteiger partial charge in [-0.25, -0.2) is 8.42 Å². The van der Waals surface area contributed by atoms with Gasteiger partial charge in [-0.15, -0.1) is 0 Å². The molecule has 0 radical (unpaired) electrons. The van der Waals surface area contributed by atoms with Crippen LogP contribution in [-0.4, -0.2) is 19.3 Å². The van der Waals surface area contributed by atoms with E-state index in [0.717, 1.165) is 37.7 Å². The van der Waals surface area contributed by atoms with E-state index < -0.39 is 10.0 Å². The van der Waals surface area contributed by atoms with Crippen molar-refractivity contribution in [2.75, 3.05) is 6.54 Å². The zero-order chi connectivity index (χ0) is 14.4. The summed E-state index contributed by atoms with van der Waals surface area (Å²) in [5.41, 5.74) is 2.40. The Balaban J connectivity index is 1.98. The van der Waals surface area contributed by atoms with Crippen molar-refractivity contribution in [3.05, 3.63) is 46.9 Å². The molecule has 3 nitrogen and oxygen atoms in total. The van der Waals surface area contributed by atoms with Gasteiger partial charge < -0.3 is 0 Å². The van der Waals surface area contributed by atoms with Crippen molar-refractivity contribution in [3.8, 4) is 0 Å². The molecular weight excluding hydrogens is 270 g/mol. The number of hydrogen-bond donors (Lipinski definition) is 0. The minimum absolute atomic E-state index is 0.498. The summed E-state index contributed by atoms with van der Waals surface area (Å²) in [7, 11) is -3.26. The Bertz CT molecular complexity index is 564. The van der Waals surface area contributed by atoms with Crippen LogP contribution >= 0.6 is 0 Å². The maximum Gasteiger partial charge on any atom is 0.236 e. The van der Waals surface area contributed by atoms with Crippen molar-refractivity contribution in [2.45, 2.75) is 45.6 Å². The summed E-state index contributed by atoms with van der Waals surface area (Å²) in [6.07, 6.45) is 6.82. The lowest BCUT2D eigenvalue weighted by molar-refractivity contribution is 0.397. The maximum atomic E-state index is 12.3. The Morgan fingerprint density at radius 3 is 2.70 bits per heavy atom. The minimum Gasteiger partial charge on any atom is -0.208 e. The van der Waals surface area contributed by atoms with Crippen molar-refractivity contribution in [2.24, 2.45) is 0 Å². The molecule has 1 heterocycles. The number of unbranched alkanes of at least 4 members (excludes halogenated alkanes) is 3. The van der Waals surface area contributed by atoms with E-state index in [1.54, 1.807) is 10.4 Å². The van der Waals surface area contributed by atoms with E-state index in [0.29, 0.717) is 13.1 Å². The third kappa shape index (κ3) is 3.93. The van der Waals surface area contributed by atoms with Gasteiger partial charge in [0, 0.05) is 18.5 Å². The smallest absolute Gasteiger partial charge is 0.208 e. The van der Waals surface area contributed by atoms with Crippen molar-refractivity contribution in [1.29, 1.82) is 0 Å². The van der Waals surface area contributed by atoms with E-state index in [1.165, 1.54) is 11.0 Å². The van der Waals surface area contributed by atoms with Gasteiger partial charge in [-0.2, -0.15) is 4.31 Å². The summed E-state index contributed by atoms with van der Waals surface area (Å²) >= 11 is 0. The van der Waals surface area contributed by atoms with E-state index in [1.807, 2.05) is 18.2 Å². The molecule has 0 atom stereocenters. The lowest BCUT2D eigenvalue weighted by atomic mass is 10.0. The molecular formula is C16H23NO2S. The monoisotopic (exact) mass is 293 g/mol. The second-order valence-corrected chi connectivity index (χ2v) is 7.08. The van der Waals surface area contributed by atoms with Gasteiger partial charge in [0.1, 0.15) is 0 Å². The summed E-state index contributed by atoms with van der Waals surface area (Å²) in [6, 6.07) is 8.08. The highest BCUT2D eigenvalue weighted by molar-refractivity contribution is 7.92. The Labute approximate surface area is 122 Å². The van der Waals surface area contributed by atoms with E-state index in [2.05, 4.69) is 13.0 Å². The number of benzene rings is 1.